The number of nitrogens with one attached hydrogen (secondary N) is 1. The molecule has 0 unspecified atom stereocenters. The van der Waals surface area contributed by atoms with Crippen LogP contribution >= 0.6 is 11.6 Å². The maximum absolute atomic E-state index is 5.66. The summed E-state index contributed by atoms with van der Waals surface area (Å²) in [5, 5.41) is 3.11. The summed E-state index contributed by atoms with van der Waals surface area (Å²) in [4.78, 5) is 0. The molecule has 2 nitrogen and oxygen atoms in total. The summed E-state index contributed by atoms with van der Waals surface area (Å²) in [6, 6.07) is 7.63. The highest BCUT2D eigenvalue weighted by Crippen LogP contribution is 2.15. The van der Waals surface area contributed by atoms with Gasteiger partial charge < -0.3 is 11.1 Å². The van der Waals surface area contributed by atoms with Crippen molar-refractivity contribution in [1.82, 2.24) is 0 Å². The summed E-state index contributed by atoms with van der Waals surface area (Å²) in [6.45, 7) is 0.746. The lowest BCUT2D eigenvalue weighted by Crippen LogP contribution is -2.04. The number of alkyl halides is 1. The minimum Gasteiger partial charge on any atom is -0.397 e. The second kappa shape index (κ2) is 4.09. The lowest BCUT2D eigenvalue weighted by atomic mass is 10.3. The Morgan fingerprint density at radius 1 is 1.36 bits per heavy atom. The molecule has 0 aromatic heterocycles. The van der Waals surface area contributed by atoms with E-state index in [-0.39, 0.29) is 0 Å². The molecule has 60 valence electrons. The zero-order chi connectivity index (χ0) is 8.10. The van der Waals surface area contributed by atoms with E-state index in [1.54, 1.807) is 0 Å². The van der Waals surface area contributed by atoms with Crippen molar-refractivity contribution in [2.24, 2.45) is 0 Å². The number of nitrogen functional groups attached to an aromatic ring is 1. The molecule has 1 aromatic carbocycles. The average Bonchev–Trinajstić information content (AvgIpc) is 2.03. The number of anilines is 2. The molecule has 0 aliphatic heterocycles. The quantitative estimate of drug-likeness (QED) is 0.538. The second-order valence-corrected chi connectivity index (χ2v) is 2.58. The molecule has 11 heavy (non-hydrogen) atoms. The third kappa shape index (κ3) is 2.31. The van der Waals surface area contributed by atoms with Gasteiger partial charge in [0.1, 0.15) is 0 Å². The van der Waals surface area contributed by atoms with Gasteiger partial charge in [-0.25, -0.2) is 0 Å². The number of hydrogen-bond donors (Lipinski definition) is 2. The van der Waals surface area contributed by atoms with E-state index >= 15 is 0 Å². The van der Waals surface area contributed by atoms with E-state index in [0.717, 1.165) is 17.9 Å². The Kier molecular flexibility index (Phi) is 3.05. The van der Waals surface area contributed by atoms with Crippen molar-refractivity contribution in [3.05, 3.63) is 24.3 Å². The topological polar surface area (TPSA) is 38.0 Å². The number of benzene rings is 1. The monoisotopic (exact) mass is 170 g/mol. The smallest absolute Gasteiger partial charge is 0.0574 e. The first-order valence-electron chi connectivity index (χ1n) is 3.49. The predicted octanol–water partition coefficient (Wildman–Crippen LogP) is 1.92. The molecule has 0 aliphatic carbocycles. The highest BCUT2D eigenvalue weighted by Gasteiger charge is 1.93. The van der Waals surface area contributed by atoms with Gasteiger partial charge in [0.15, 0.2) is 0 Å². The Balaban J connectivity index is 2.62. The van der Waals surface area contributed by atoms with Crippen LogP contribution in [0.5, 0.6) is 0 Å². The maximum Gasteiger partial charge on any atom is 0.0574 e. The first-order chi connectivity index (χ1) is 5.34. The summed E-state index contributed by atoms with van der Waals surface area (Å²) < 4.78 is 0. The standard InChI is InChI=1S/C8H11ClN2/c9-5-6-11-8-4-2-1-3-7(8)10/h1-4,11H,5-6,10H2. The lowest BCUT2D eigenvalue weighted by molar-refractivity contribution is 1.22. The van der Waals surface area contributed by atoms with E-state index in [1.165, 1.54) is 0 Å². The molecule has 3 heteroatoms. The summed E-state index contributed by atoms with van der Waals surface area (Å²) >= 11 is 5.50. The Labute approximate surface area is 71.4 Å². The van der Waals surface area contributed by atoms with Crippen molar-refractivity contribution in [1.29, 1.82) is 0 Å². The van der Waals surface area contributed by atoms with Crippen LogP contribution in [0.1, 0.15) is 0 Å². The molecule has 1 rings (SSSR count). The van der Waals surface area contributed by atoms with E-state index in [0.29, 0.717) is 5.88 Å². The van der Waals surface area contributed by atoms with Crippen molar-refractivity contribution in [2.45, 2.75) is 0 Å². The van der Waals surface area contributed by atoms with Crippen molar-refractivity contribution in [3.63, 3.8) is 0 Å². The minimum absolute atomic E-state index is 0.592. The molecular formula is C8H11ClN2. The summed E-state index contributed by atoms with van der Waals surface area (Å²) in [5.74, 6) is 0.592. The van der Waals surface area contributed by atoms with E-state index < -0.39 is 0 Å². The molecule has 0 spiro atoms. The number of hydrogen-bond acceptors (Lipinski definition) is 2. The van der Waals surface area contributed by atoms with Crippen LogP contribution in [0.3, 0.4) is 0 Å². The zero-order valence-corrected chi connectivity index (χ0v) is 6.93. The Morgan fingerprint density at radius 2 is 2.09 bits per heavy atom. The van der Waals surface area contributed by atoms with E-state index in [9.17, 15) is 0 Å². The van der Waals surface area contributed by atoms with Gasteiger partial charge in [-0.15, -0.1) is 11.6 Å². The number of para-hydroxylation sites is 2. The Morgan fingerprint density at radius 3 is 2.73 bits per heavy atom. The first-order valence-corrected chi connectivity index (χ1v) is 4.02. The van der Waals surface area contributed by atoms with Crippen molar-refractivity contribution < 1.29 is 0 Å². The van der Waals surface area contributed by atoms with Crippen LogP contribution < -0.4 is 11.1 Å². The van der Waals surface area contributed by atoms with Crippen molar-refractivity contribution >= 4 is 23.0 Å². The SMILES string of the molecule is Nc1ccccc1NCCCl. The number of rotatable bonds is 3. The highest BCUT2D eigenvalue weighted by molar-refractivity contribution is 6.18. The molecular weight excluding hydrogens is 160 g/mol. The van der Waals surface area contributed by atoms with Crippen molar-refractivity contribution in [3.8, 4) is 0 Å². The van der Waals surface area contributed by atoms with Gasteiger partial charge in [-0.3, -0.25) is 0 Å². The summed E-state index contributed by atoms with van der Waals surface area (Å²) in [6.07, 6.45) is 0. The van der Waals surface area contributed by atoms with Gasteiger partial charge in [0, 0.05) is 12.4 Å². The first kappa shape index (κ1) is 8.21. The van der Waals surface area contributed by atoms with Crippen LogP contribution in [-0.4, -0.2) is 12.4 Å². The molecule has 1 aromatic rings. The van der Waals surface area contributed by atoms with E-state index in [1.807, 2.05) is 24.3 Å². The second-order valence-electron chi connectivity index (χ2n) is 2.20. The summed E-state index contributed by atoms with van der Waals surface area (Å²) in [7, 11) is 0. The lowest BCUT2D eigenvalue weighted by Gasteiger charge is -2.05. The molecule has 0 radical (unpaired) electrons. The van der Waals surface area contributed by atoms with Gasteiger partial charge in [0.05, 0.1) is 11.4 Å². The van der Waals surface area contributed by atoms with Gasteiger partial charge >= 0.3 is 0 Å². The van der Waals surface area contributed by atoms with E-state index in [4.69, 9.17) is 17.3 Å². The molecule has 0 heterocycles. The van der Waals surface area contributed by atoms with Gasteiger partial charge in [-0.2, -0.15) is 0 Å². The number of halogens is 1. The molecule has 3 N–H and O–H groups in total. The van der Waals surface area contributed by atoms with Crippen molar-refractivity contribution in [2.75, 3.05) is 23.5 Å². The molecule has 0 amide bonds. The third-order valence-electron chi connectivity index (χ3n) is 1.37. The molecule has 0 fully saturated rings. The Hall–Kier alpha value is -0.890. The summed E-state index contributed by atoms with van der Waals surface area (Å²) in [5.41, 5.74) is 7.37. The van der Waals surface area contributed by atoms with Gasteiger partial charge in [-0.1, -0.05) is 12.1 Å². The minimum atomic E-state index is 0.592. The van der Waals surface area contributed by atoms with E-state index in [2.05, 4.69) is 5.32 Å². The maximum atomic E-state index is 5.66. The normalized spacial score (nSPS) is 9.55. The molecule has 0 saturated carbocycles. The average molecular weight is 171 g/mol. The molecule has 0 atom stereocenters. The van der Waals surface area contributed by atoms with Gasteiger partial charge in [-0.05, 0) is 12.1 Å². The fourth-order valence-electron chi connectivity index (χ4n) is 0.840. The fourth-order valence-corrected chi connectivity index (χ4v) is 0.934. The van der Waals surface area contributed by atoms with Gasteiger partial charge in [0.2, 0.25) is 0 Å². The van der Waals surface area contributed by atoms with Crippen LogP contribution in [0, 0.1) is 0 Å². The molecule has 0 aliphatic rings. The molecule has 0 bridgehead atoms. The number of nitrogens with two attached hydrogens (primary N) is 1. The third-order valence-corrected chi connectivity index (χ3v) is 1.56. The fraction of sp³-hybridized carbons (Fsp3) is 0.250. The predicted molar refractivity (Wildman–Crippen MR) is 50.1 cm³/mol. The molecule has 0 saturated heterocycles. The zero-order valence-electron chi connectivity index (χ0n) is 6.18. The van der Waals surface area contributed by atoms with Crippen LogP contribution in [0.15, 0.2) is 24.3 Å². The Bertz CT molecular complexity index is 225. The van der Waals surface area contributed by atoms with Crippen LogP contribution in [0.2, 0.25) is 0 Å². The largest absolute Gasteiger partial charge is 0.397 e. The van der Waals surface area contributed by atoms with Crippen LogP contribution in [-0.2, 0) is 0 Å². The van der Waals surface area contributed by atoms with Crippen LogP contribution in [0.4, 0.5) is 11.4 Å². The van der Waals surface area contributed by atoms with Gasteiger partial charge in [0.25, 0.3) is 0 Å². The highest BCUT2D eigenvalue weighted by atomic mass is 35.5. The van der Waals surface area contributed by atoms with Crippen LogP contribution in [0.25, 0.3) is 0 Å².